The Kier molecular flexibility index (Phi) is 4.92. The summed E-state index contributed by atoms with van der Waals surface area (Å²) in [5.41, 5.74) is 2.08. The summed E-state index contributed by atoms with van der Waals surface area (Å²) in [6.07, 6.45) is 1.92. The van der Waals surface area contributed by atoms with Gasteiger partial charge in [-0.1, -0.05) is 12.1 Å². The van der Waals surface area contributed by atoms with Crippen molar-refractivity contribution in [3.63, 3.8) is 0 Å². The zero-order valence-corrected chi connectivity index (χ0v) is 15.3. The largest absolute Gasteiger partial charge is 0.491 e. The smallest absolute Gasteiger partial charge is 0.216 e. The normalized spacial score (nSPS) is 11.5. The maximum Gasteiger partial charge on any atom is 0.216 e. The molecule has 1 N–H and O–H groups in total. The van der Waals surface area contributed by atoms with Crippen molar-refractivity contribution in [1.82, 2.24) is 14.9 Å². The first-order valence-corrected chi connectivity index (χ1v) is 8.86. The molecule has 1 aromatic carbocycles. The predicted octanol–water partition coefficient (Wildman–Crippen LogP) is 4.65. The number of rotatable bonds is 5. The number of aromatic nitrogens is 3. The van der Waals surface area contributed by atoms with Crippen LogP contribution >= 0.6 is 23.6 Å². The third-order valence-corrected chi connectivity index (χ3v) is 4.52. The molecule has 3 rings (SSSR count). The van der Waals surface area contributed by atoms with E-state index in [0.717, 1.165) is 16.2 Å². The lowest BCUT2D eigenvalue weighted by Gasteiger charge is -2.10. The maximum atomic E-state index is 5.75. The highest BCUT2D eigenvalue weighted by atomic mass is 32.1. The second-order valence-electron chi connectivity index (χ2n) is 5.57. The first-order valence-electron chi connectivity index (χ1n) is 7.57. The average Bonchev–Trinajstić information content (AvgIpc) is 3.11. The van der Waals surface area contributed by atoms with Crippen molar-refractivity contribution in [3.05, 3.63) is 50.9 Å². The molecule has 0 spiro atoms. The van der Waals surface area contributed by atoms with Crippen LogP contribution in [-0.2, 0) is 0 Å². The van der Waals surface area contributed by atoms with Crippen LogP contribution in [0.4, 0.5) is 0 Å². The molecule has 3 aromatic rings. The summed E-state index contributed by atoms with van der Waals surface area (Å²) < 4.78 is 7.83. The molecule has 0 saturated carbocycles. The molecule has 7 heteroatoms. The van der Waals surface area contributed by atoms with Gasteiger partial charge in [0, 0.05) is 5.56 Å². The van der Waals surface area contributed by atoms with Crippen LogP contribution in [0.2, 0.25) is 0 Å². The Morgan fingerprint density at radius 1 is 1.38 bits per heavy atom. The fourth-order valence-corrected chi connectivity index (χ4v) is 3.15. The van der Waals surface area contributed by atoms with Crippen LogP contribution < -0.4 is 4.74 Å². The molecule has 0 fully saturated rings. The van der Waals surface area contributed by atoms with Crippen molar-refractivity contribution < 1.29 is 4.74 Å². The fourth-order valence-electron chi connectivity index (χ4n) is 2.19. The minimum Gasteiger partial charge on any atom is -0.491 e. The summed E-state index contributed by atoms with van der Waals surface area (Å²) in [6.45, 7) is 6.05. The van der Waals surface area contributed by atoms with E-state index in [1.807, 2.05) is 49.7 Å². The topological polar surface area (TPSA) is 55.2 Å². The molecule has 0 bridgehead atoms. The minimum absolute atomic E-state index is 0.112. The number of hydrogen-bond donors (Lipinski definition) is 1. The molecular formula is C17H18N4OS2. The lowest BCUT2D eigenvalue weighted by molar-refractivity contribution is 0.242. The Bertz CT molecular complexity index is 921. The lowest BCUT2D eigenvalue weighted by Crippen LogP contribution is -2.05. The molecule has 0 atom stereocenters. The second kappa shape index (κ2) is 7.11. The number of benzene rings is 1. The van der Waals surface area contributed by atoms with Gasteiger partial charge in [-0.25, -0.2) is 5.10 Å². The Morgan fingerprint density at radius 3 is 2.92 bits per heavy atom. The van der Waals surface area contributed by atoms with E-state index in [2.05, 4.69) is 28.3 Å². The zero-order valence-electron chi connectivity index (χ0n) is 13.7. The first-order chi connectivity index (χ1) is 11.5. The van der Waals surface area contributed by atoms with Crippen molar-refractivity contribution in [2.24, 2.45) is 5.10 Å². The average molecular weight is 358 g/mol. The standard InChI is InChI=1S/C17H18N4OS2/c1-11(2)22-14-6-4-5-13(9-14)16-19-20-17(23)21(16)18-10-15-12(3)7-8-24-15/h4-11H,1-3H3,(H,20,23)/b18-10+. The quantitative estimate of drug-likeness (QED) is 0.534. The van der Waals surface area contributed by atoms with Crippen LogP contribution in [0.5, 0.6) is 5.75 Å². The van der Waals surface area contributed by atoms with Crippen molar-refractivity contribution in [2.75, 3.05) is 0 Å². The number of nitrogens with zero attached hydrogens (tertiary/aromatic N) is 3. The van der Waals surface area contributed by atoms with Gasteiger partial charge in [0.05, 0.1) is 17.2 Å². The Morgan fingerprint density at radius 2 is 2.21 bits per heavy atom. The van der Waals surface area contributed by atoms with Crippen LogP contribution in [0.1, 0.15) is 24.3 Å². The summed E-state index contributed by atoms with van der Waals surface area (Å²) in [4.78, 5) is 1.10. The number of hydrogen-bond acceptors (Lipinski definition) is 5. The number of nitrogens with one attached hydrogen (secondary N) is 1. The van der Waals surface area contributed by atoms with Gasteiger partial charge in [0.25, 0.3) is 0 Å². The van der Waals surface area contributed by atoms with Crippen molar-refractivity contribution in [3.8, 4) is 17.1 Å². The van der Waals surface area contributed by atoms with Crippen molar-refractivity contribution in [1.29, 1.82) is 0 Å². The highest BCUT2D eigenvalue weighted by Crippen LogP contribution is 2.23. The summed E-state index contributed by atoms with van der Waals surface area (Å²) in [5, 5.41) is 13.7. The Hall–Kier alpha value is -2.25. The Labute approximate surface area is 149 Å². The maximum absolute atomic E-state index is 5.75. The number of aryl methyl sites for hydroxylation is 1. The molecule has 0 radical (unpaired) electrons. The molecule has 2 aromatic heterocycles. The van der Waals surface area contributed by atoms with Crippen LogP contribution in [0.3, 0.4) is 0 Å². The predicted molar refractivity (Wildman–Crippen MR) is 101 cm³/mol. The molecule has 24 heavy (non-hydrogen) atoms. The zero-order chi connectivity index (χ0) is 17.1. The van der Waals surface area contributed by atoms with Crippen LogP contribution in [0.15, 0.2) is 40.8 Å². The summed E-state index contributed by atoms with van der Waals surface area (Å²) in [5.74, 6) is 1.45. The van der Waals surface area contributed by atoms with Gasteiger partial charge in [0.1, 0.15) is 5.75 Å². The molecular weight excluding hydrogens is 340 g/mol. The van der Waals surface area contributed by atoms with E-state index in [1.54, 1.807) is 16.0 Å². The molecule has 0 aliphatic heterocycles. The third kappa shape index (κ3) is 3.63. The lowest BCUT2D eigenvalue weighted by atomic mass is 10.2. The van der Waals surface area contributed by atoms with E-state index in [-0.39, 0.29) is 6.10 Å². The summed E-state index contributed by atoms with van der Waals surface area (Å²) >= 11 is 6.95. The fraction of sp³-hybridized carbons (Fsp3) is 0.235. The number of thiophene rings is 1. The number of ether oxygens (including phenoxy) is 1. The van der Waals surface area contributed by atoms with Gasteiger partial charge in [-0.15, -0.1) is 11.3 Å². The number of aromatic amines is 1. The molecule has 0 aliphatic carbocycles. The molecule has 124 valence electrons. The van der Waals surface area contributed by atoms with Gasteiger partial charge >= 0.3 is 0 Å². The minimum atomic E-state index is 0.112. The first kappa shape index (κ1) is 16.6. The summed E-state index contributed by atoms with van der Waals surface area (Å²) in [6, 6.07) is 9.82. The third-order valence-electron chi connectivity index (χ3n) is 3.31. The molecule has 5 nitrogen and oxygen atoms in total. The van der Waals surface area contributed by atoms with Crippen LogP contribution in [0.25, 0.3) is 11.4 Å². The van der Waals surface area contributed by atoms with Gasteiger partial charge in [0.15, 0.2) is 5.82 Å². The van der Waals surface area contributed by atoms with Gasteiger partial charge in [-0.3, -0.25) is 0 Å². The molecule has 0 saturated heterocycles. The number of H-pyrrole nitrogens is 1. The van der Waals surface area contributed by atoms with E-state index >= 15 is 0 Å². The van der Waals surface area contributed by atoms with Crippen molar-refractivity contribution >= 4 is 29.8 Å². The van der Waals surface area contributed by atoms with Gasteiger partial charge in [-0.2, -0.15) is 14.9 Å². The van der Waals surface area contributed by atoms with Gasteiger partial charge in [0.2, 0.25) is 4.77 Å². The van der Waals surface area contributed by atoms with Gasteiger partial charge in [-0.05, 0) is 62.1 Å². The van der Waals surface area contributed by atoms with E-state index < -0.39 is 0 Å². The molecule has 0 unspecified atom stereocenters. The molecule has 0 amide bonds. The summed E-state index contributed by atoms with van der Waals surface area (Å²) in [7, 11) is 0. The van der Waals surface area contributed by atoms with Crippen LogP contribution in [0, 0.1) is 11.7 Å². The highest BCUT2D eigenvalue weighted by Gasteiger charge is 2.10. The van der Waals surface area contributed by atoms with Gasteiger partial charge < -0.3 is 4.74 Å². The van der Waals surface area contributed by atoms with Crippen LogP contribution in [-0.4, -0.2) is 27.2 Å². The SMILES string of the molecule is Cc1ccsc1/C=N/n1c(-c2cccc(OC(C)C)c2)n[nH]c1=S. The second-order valence-corrected chi connectivity index (χ2v) is 6.91. The molecule has 0 aliphatic rings. The van der Waals surface area contributed by atoms with E-state index in [1.165, 1.54) is 5.56 Å². The van der Waals surface area contributed by atoms with E-state index in [4.69, 9.17) is 17.0 Å². The highest BCUT2D eigenvalue weighted by molar-refractivity contribution is 7.71. The van der Waals surface area contributed by atoms with Crippen molar-refractivity contribution in [2.45, 2.75) is 26.9 Å². The Balaban J connectivity index is 1.97. The molecule has 2 heterocycles. The monoisotopic (exact) mass is 358 g/mol. The van der Waals surface area contributed by atoms with E-state index in [9.17, 15) is 0 Å². The van der Waals surface area contributed by atoms with E-state index in [0.29, 0.717) is 10.6 Å².